The van der Waals surface area contributed by atoms with Gasteiger partial charge in [-0.2, -0.15) is 0 Å². The lowest BCUT2D eigenvalue weighted by atomic mass is 9.95. The highest BCUT2D eigenvalue weighted by Crippen LogP contribution is 2.43. The quantitative estimate of drug-likeness (QED) is 0.346. The Bertz CT molecular complexity index is 1140. The fraction of sp³-hybridized carbons (Fsp3) is 0.100. The Labute approximate surface area is 177 Å². The second kappa shape index (κ2) is 7.49. The Morgan fingerprint density at radius 2 is 1.76 bits per heavy atom. The van der Waals surface area contributed by atoms with Crippen molar-refractivity contribution in [1.29, 1.82) is 0 Å². The predicted octanol–water partition coefficient (Wildman–Crippen LogP) is 4.37. The van der Waals surface area contributed by atoms with Gasteiger partial charge in [-0.25, -0.2) is 4.39 Å². The van der Waals surface area contributed by atoms with E-state index in [2.05, 4.69) is 26.1 Å². The highest BCUT2D eigenvalue weighted by Gasteiger charge is 2.48. The lowest BCUT2D eigenvalue weighted by Crippen LogP contribution is -2.29. The number of aliphatic hydroxyl groups is 1. The normalized spacial score (nSPS) is 18.4. The third-order valence-electron chi connectivity index (χ3n) is 4.47. The molecule has 0 radical (unpaired) electrons. The molecule has 4 rings (SSSR count). The van der Waals surface area contributed by atoms with Crippen LogP contribution in [0.1, 0.15) is 22.2 Å². The third kappa shape index (κ3) is 3.47. The van der Waals surface area contributed by atoms with Crippen molar-refractivity contribution in [2.45, 2.75) is 13.0 Å². The zero-order valence-corrected chi connectivity index (χ0v) is 17.4. The van der Waals surface area contributed by atoms with Gasteiger partial charge < -0.3 is 5.11 Å². The number of carbonyl (C=O) groups is 2. The molecule has 1 aliphatic heterocycles. The van der Waals surface area contributed by atoms with Crippen molar-refractivity contribution < 1.29 is 19.1 Å². The number of aromatic nitrogens is 2. The van der Waals surface area contributed by atoms with Crippen molar-refractivity contribution in [3.05, 3.63) is 80.5 Å². The summed E-state index contributed by atoms with van der Waals surface area (Å²) in [6.07, 6.45) is 0. The van der Waals surface area contributed by atoms with E-state index in [1.54, 1.807) is 31.2 Å². The van der Waals surface area contributed by atoms with E-state index in [0.29, 0.717) is 10.6 Å². The molecule has 0 bridgehead atoms. The van der Waals surface area contributed by atoms with Crippen molar-refractivity contribution in [2.24, 2.45) is 0 Å². The van der Waals surface area contributed by atoms with E-state index in [1.807, 2.05) is 0 Å². The van der Waals surface area contributed by atoms with E-state index in [1.165, 1.54) is 40.5 Å². The Morgan fingerprint density at radius 1 is 1.10 bits per heavy atom. The first-order chi connectivity index (χ1) is 13.9. The fourth-order valence-electron chi connectivity index (χ4n) is 3.14. The number of aryl methyl sites for hydroxylation is 1. The van der Waals surface area contributed by atoms with E-state index in [-0.39, 0.29) is 22.0 Å². The topological polar surface area (TPSA) is 83.4 Å². The molecule has 1 aromatic heterocycles. The number of Topliss-reactive ketones (excluding diaryl/α,β-unsaturated/α-hetero) is 1. The number of hydrogen-bond donors (Lipinski definition) is 1. The summed E-state index contributed by atoms with van der Waals surface area (Å²) in [7, 11) is 0. The Morgan fingerprint density at radius 3 is 2.34 bits per heavy atom. The van der Waals surface area contributed by atoms with Crippen molar-refractivity contribution in [3.63, 3.8) is 0 Å². The van der Waals surface area contributed by atoms with Gasteiger partial charge >= 0.3 is 5.91 Å². The maximum atomic E-state index is 13.3. The average Bonchev–Trinajstić information content (AvgIpc) is 3.24. The number of hydrogen-bond acceptors (Lipinski definition) is 6. The molecule has 9 heteroatoms. The summed E-state index contributed by atoms with van der Waals surface area (Å²) in [5.41, 5.74) is 0.764. The second-order valence-corrected chi connectivity index (χ2v) is 8.41. The van der Waals surface area contributed by atoms with Gasteiger partial charge in [0.1, 0.15) is 16.6 Å². The van der Waals surface area contributed by atoms with Gasteiger partial charge in [0.25, 0.3) is 5.78 Å². The molecule has 0 spiro atoms. The lowest BCUT2D eigenvalue weighted by molar-refractivity contribution is -0.132. The first-order valence-corrected chi connectivity index (χ1v) is 10.1. The zero-order chi connectivity index (χ0) is 20.7. The molecule has 1 aliphatic rings. The summed E-state index contributed by atoms with van der Waals surface area (Å²) >= 11 is 4.54. The number of aliphatic hydroxyl groups excluding tert-OH is 1. The molecule has 1 atom stereocenters. The van der Waals surface area contributed by atoms with Crippen LogP contribution in [0.15, 0.2) is 58.6 Å². The molecule has 2 aromatic carbocycles. The molecule has 1 amide bonds. The predicted molar refractivity (Wildman–Crippen MR) is 110 cm³/mol. The van der Waals surface area contributed by atoms with Crippen LogP contribution in [0.2, 0.25) is 0 Å². The molecule has 0 aliphatic carbocycles. The molecule has 29 heavy (non-hydrogen) atoms. The SMILES string of the molecule is Cc1nnc(N2C(=O)C(=O)/C(=C(/O)c3ccc(F)cc3)C2c2ccc(Br)cc2)s1. The zero-order valence-electron chi connectivity index (χ0n) is 15.0. The van der Waals surface area contributed by atoms with Crippen LogP contribution in [0.5, 0.6) is 0 Å². The molecule has 6 nitrogen and oxygen atoms in total. The summed E-state index contributed by atoms with van der Waals surface area (Å²) in [6, 6.07) is 11.2. The van der Waals surface area contributed by atoms with Crippen LogP contribution in [0.3, 0.4) is 0 Å². The summed E-state index contributed by atoms with van der Waals surface area (Å²) in [4.78, 5) is 27.0. The van der Waals surface area contributed by atoms with Crippen LogP contribution < -0.4 is 4.90 Å². The summed E-state index contributed by atoms with van der Waals surface area (Å²) in [6.45, 7) is 1.74. The van der Waals surface area contributed by atoms with Crippen LogP contribution in [0.4, 0.5) is 9.52 Å². The van der Waals surface area contributed by atoms with E-state index in [9.17, 15) is 19.1 Å². The van der Waals surface area contributed by atoms with Crippen LogP contribution in [0, 0.1) is 12.7 Å². The number of rotatable bonds is 3. The van der Waals surface area contributed by atoms with E-state index < -0.39 is 23.5 Å². The number of carbonyl (C=O) groups excluding carboxylic acids is 2. The molecular weight excluding hydrogens is 461 g/mol. The van der Waals surface area contributed by atoms with Crippen LogP contribution in [-0.2, 0) is 9.59 Å². The molecule has 1 saturated heterocycles. The van der Waals surface area contributed by atoms with Crippen molar-refractivity contribution >= 4 is 49.8 Å². The number of halogens is 2. The standard InChI is InChI=1S/C20H13BrFN3O3S/c1-10-23-24-20(29-10)25-16(11-2-6-13(21)7-3-11)15(18(27)19(25)28)17(26)12-4-8-14(22)9-5-12/h2-9,16,26H,1H3/b17-15+. The van der Waals surface area contributed by atoms with Gasteiger partial charge in [-0.3, -0.25) is 14.5 Å². The molecule has 3 aromatic rings. The Balaban J connectivity index is 1.93. The lowest BCUT2D eigenvalue weighted by Gasteiger charge is -2.22. The van der Waals surface area contributed by atoms with Crippen LogP contribution in [-0.4, -0.2) is 27.0 Å². The average molecular weight is 474 g/mol. The molecule has 2 heterocycles. The highest BCUT2D eigenvalue weighted by atomic mass is 79.9. The van der Waals surface area contributed by atoms with Crippen LogP contribution in [0.25, 0.3) is 5.76 Å². The summed E-state index contributed by atoms with van der Waals surface area (Å²) in [5, 5.41) is 19.7. The minimum absolute atomic E-state index is 0.0863. The Kier molecular flexibility index (Phi) is 5.01. The van der Waals surface area contributed by atoms with E-state index in [0.717, 1.165) is 4.47 Å². The van der Waals surface area contributed by atoms with Crippen LogP contribution >= 0.6 is 27.3 Å². The summed E-state index contributed by atoms with van der Waals surface area (Å²) < 4.78 is 14.1. The van der Waals surface area contributed by atoms with Gasteiger partial charge in [-0.1, -0.05) is 39.4 Å². The Hall–Kier alpha value is -2.91. The largest absolute Gasteiger partial charge is 0.507 e. The van der Waals surface area contributed by atoms with Gasteiger partial charge in [-0.05, 0) is 48.9 Å². The van der Waals surface area contributed by atoms with Gasteiger partial charge in [0.2, 0.25) is 5.13 Å². The first-order valence-electron chi connectivity index (χ1n) is 8.49. The van der Waals surface area contributed by atoms with Crippen molar-refractivity contribution in [2.75, 3.05) is 4.90 Å². The second-order valence-electron chi connectivity index (χ2n) is 6.33. The molecular formula is C20H13BrFN3O3S. The van der Waals surface area contributed by atoms with Crippen molar-refractivity contribution in [1.82, 2.24) is 10.2 Å². The minimum atomic E-state index is -0.888. The maximum absolute atomic E-state index is 13.3. The molecule has 146 valence electrons. The number of nitrogens with zero attached hydrogens (tertiary/aromatic N) is 3. The van der Waals surface area contributed by atoms with Crippen molar-refractivity contribution in [3.8, 4) is 0 Å². The van der Waals surface area contributed by atoms with Gasteiger partial charge in [0.05, 0.1) is 11.6 Å². The number of anilines is 1. The third-order valence-corrected chi connectivity index (χ3v) is 5.84. The number of amides is 1. The van der Waals surface area contributed by atoms with E-state index in [4.69, 9.17) is 0 Å². The van der Waals surface area contributed by atoms with Gasteiger partial charge in [0.15, 0.2) is 0 Å². The van der Waals surface area contributed by atoms with E-state index >= 15 is 0 Å². The molecule has 1 unspecified atom stereocenters. The number of ketones is 1. The maximum Gasteiger partial charge on any atom is 0.301 e. The summed E-state index contributed by atoms with van der Waals surface area (Å²) in [5.74, 6) is -2.50. The molecule has 1 fully saturated rings. The monoisotopic (exact) mass is 473 g/mol. The number of benzene rings is 2. The highest BCUT2D eigenvalue weighted by molar-refractivity contribution is 9.10. The molecule has 0 saturated carbocycles. The molecule has 1 N–H and O–H groups in total. The van der Waals surface area contributed by atoms with Gasteiger partial charge in [0, 0.05) is 10.0 Å². The minimum Gasteiger partial charge on any atom is -0.507 e. The van der Waals surface area contributed by atoms with Gasteiger partial charge in [-0.15, -0.1) is 10.2 Å². The smallest absolute Gasteiger partial charge is 0.301 e. The fourth-order valence-corrected chi connectivity index (χ4v) is 4.12. The first kappa shape index (κ1) is 19.4.